The summed E-state index contributed by atoms with van der Waals surface area (Å²) >= 11 is 1.71. The van der Waals surface area contributed by atoms with Crippen LogP contribution in [0.5, 0.6) is 5.88 Å². The Morgan fingerprint density at radius 3 is 3.06 bits per heavy atom. The number of imidazole rings is 1. The third-order valence-corrected chi connectivity index (χ3v) is 3.40. The van der Waals surface area contributed by atoms with Gasteiger partial charge in [0.2, 0.25) is 0 Å². The summed E-state index contributed by atoms with van der Waals surface area (Å²) < 4.78 is 7.28. The molecule has 0 bridgehead atoms. The summed E-state index contributed by atoms with van der Waals surface area (Å²) in [4.78, 5) is 5.51. The Kier molecular flexibility index (Phi) is 2.15. The molecule has 0 unspecified atom stereocenters. The van der Waals surface area contributed by atoms with Gasteiger partial charge in [0.25, 0.3) is 0 Å². The van der Waals surface area contributed by atoms with Gasteiger partial charge < -0.3 is 4.74 Å². The average Bonchev–Trinajstić information content (AvgIpc) is 2.97. The van der Waals surface area contributed by atoms with Crippen molar-refractivity contribution in [3.05, 3.63) is 42.0 Å². The highest BCUT2D eigenvalue weighted by molar-refractivity contribution is 7.13. The van der Waals surface area contributed by atoms with Crippen LogP contribution in [0.25, 0.3) is 16.1 Å². The molecule has 3 nitrogen and oxygen atoms in total. The van der Waals surface area contributed by atoms with Crippen LogP contribution in [0.2, 0.25) is 0 Å². The molecule has 80 valence electrons. The second-order valence-electron chi connectivity index (χ2n) is 3.42. The Morgan fingerprint density at radius 1 is 1.38 bits per heavy atom. The first-order valence-corrected chi connectivity index (χ1v) is 5.81. The van der Waals surface area contributed by atoms with Crippen molar-refractivity contribution in [3.63, 3.8) is 0 Å². The summed E-state index contributed by atoms with van der Waals surface area (Å²) in [6.07, 6.45) is 3.67. The van der Waals surface area contributed by atoms with E-state index in [2.05, 4.69) is 22.5 Å². The summed E-state index contributed by atoms with van der Waals surface area (Å²) in [6.45, 7) is 0. The number of aromatic nitrogens is 2. The Balaban J connectivity index is 2.27. The molecule has 0 saturated heterocycles. The molecule has 4 heteroatoms. The maximum absolute atomic E-state index is 5.35. The van der Waals surface area contributed by atoms with Crippen LogP contribution in [0.3, 0.4) is 0 Å². The standard InChI is InChI=1S/C12H10N2OS/c1-15-12-8-9(10-3-2-6-16-10)7-11-13-4-5-14(11)12/h2-8H,1H3. The molecule has 0 radical (unpaired) electrons. The molecule has 0 fully saturated rings. The van der Waals surface area contributed by atoms with Crippen LogP contribution < -0.4 is 4.74 Å². The lowest BCUT2D eigenvalue weighted by Crippen LogP contribution is -1.93. The molecule has 0 aliphatic rings. The predicted octanol–water partition coefficient (Wildman–Crippen LogP) is 3.07. The van der Waals surface area contributed by atoms with E-state index < -0.39 is 0 Å². The molecule has 0 aliphatic carbocycles. The fourth-order valence-electron chi connectivity index (χ4n) is 1.73. The number of rotatable bonds is 2. The summed E-state index contributed by atoms with van der Waals surface area (Å²) in [6, 6.07) is 8.23. The monoisotopic (exact) mass is 230 g/mol. The molecule has 0 saturated carbocycles. The Hall–Kier alpha value is -1.81. The summed E-state index contributed by atoms with van der Waals surface area (Å²) in [5.41, 5.74) is 2.05. The summed E-state index contributed by atoms with van der Waals surface area (Å²) in [5, 5.41) is 2.07. The van der Waals surface area contributed by atoms with E-state index >= 15 is 0 Å². The van der Waals surface area contributed by atoms with Gasteiger partial charge in [0.15, 0.2) is 5.88 Å². The second kappa shape index (κ2) is 3.64. The van der Waals surface area contributed by atoms with Gasteiger partial charge in [-0.05, 0) is 17.5 Å². The first kappa shape index (κ1) is 9.42. The Bertz CT molecular complexity index is 613. The fourth-order valence-corrected chi connectivity index (χ4v) is 2.45. The number of ether oxygens (including phenoxy) is 1. The molecular weight excluding hydrogens is 220 g/mol. The molecule has 0 N–H and O–H groups in total. The van der Waals surface area contributed by atoms with Crippen LogP contribution in [0, 0.1) is 0 Å². The topological polar surface area (TPSA) is 26.5 Å². The number of hydrogen-bond donors (Lipinski definition) is 0. The SMILES string of the molecule is COc1cc(-c2cccs2)cc2nccn12. The van der Waals surface area contributed by atoms with Gasteiger partial charge in [-0.25, -0.2) is 4.98 Å². The molecule has 0 aliphatic heterocycles. The number of thiophene rings is 1. The zero-order valence-electron chi connectivity index (χ0n) is 8.75. The third-order valence-electron chi connectivity index (χ3n) is 2.49. The van der Waals surface area contributed by atoms with E-state index in [9.17, 15) is 0 Å². The average molecular weight is 230 g/mol. The van der Waals surface area contributed by atoms with Crippen molar-refractivity contribution in [2.75, 3.05) is 7.11 Å². The number of pyridine rings is 1. The van der Waals surface area contributed by atoms with Crippen LogP contribution >= 0.6 is 11.3 Å². The van der Waals surface area contributed by atoms with Gasteiger partial charge in [0.05, 0.1) is 7.11 Å². The van der Waals surface area contributed by atoms with Crippen molar-refractivity contribution in [2.45, 2.75) is 0 Å². The van der Waals surface area contributed by atoms with Crippen molar-refractivity contribution in [1.29, 1.82) is 0 Å². The number of fused-ring (bicyclic) bond motifs is 1. The molecule has 0 aromatic carbocycles. The minimum Gasteiger partial charge on any atom is -0.482 e. The van der Waals surface area contributed by atoms with E-state index in [1.165, 1.54) is 4.88 Å². The van der Waals surface area contributed by atoms with Crippen molar-refractivity contribution >= 4 is 17.0 Å². The van der Waals surface area contributed by atoms with Crippen molar-refractivity contribution in [3.8, 4) is 16.3 Å². The normalized spacial score (nSPS) is 10.8. The Labute approximate surface area is 96.9 Å². The van der Waals surface area contributed by atoms with Gasteiger partial charge in [0, 0.05) is 28.9 Å². The maximum atomic E-state index is 5.35. The fraction of sp³-hybridized carbons (Fsp3) is 0.0833. The molecule has 3 aromatic heterocycles. The van der Waals surface area contributed by atoms with Crippen LogP contribution in [0.1, 0.15) is 0 Å². The highest BCUT2D eigenvalue weighted by Crippen LogP contribution is 2.29. The third kappa shape index (κ3) is 1.39. The van der Waals surface area contributed by atoms with Gasteiger partial charge in [0.1, 0.15) is 5.65 Å². The number of hydrogen-bond acceptors (Lipinski definition) is 3. The molecule has 3 aromatic rings. The van der Waals surface area contributed by atoms with E-state index in [4.69, 9.17) is 4.74 Å². The van der Waals surface area contributed by atoms with Gasteiger partial charge in [-0.15, -0.1) is 11.3 Å². The minimum absolute atomic E-state index is 0.804. The molecule has 0 amide bonds. The van der Waals surface area contributed by atoms with E-state index in [1.807, 2.05) is 22.7 Å². The molecule has 0 atom stereocenters. The Morgan fingerprint density at radius 2 is 2.31 bits per heavy atom. The minimum atomic E-state index is 0.804. The van der Waals surface area contributed by atoms with Gasteiger partial charge >= 0.3 is 0 Å². The number of methoxy groups -OCH3 is 1. The van der Waals surface area contributed by atoms with Gasteiger partial charge in [-0.2, -0.15) is 0 Å². The first-order valence-electron chi connectivity index (χ1n) is 4.93. The number of nitrogens with zero attached hydrogens (tertiary/aromatic N) is 2. The predicted molar refractivity (Wildman–Crippen MR) is 65.1 cm³/mol. The summed E-state index contributed by atoms with van der Waals surface area (Å²) in [5.74, 6) is 0.804. The molecular formula is C12H10N2OS. The summed E-state index contributed by atoms with van der Waals surface area (Å²) in [7, 11) is 1.67. The van der Waals surface area contributed by atoms with Gasteiger partial charge in [-0.1, -0.05) is 6.07 Å². The maximum Gasteiger partial charge on any atom is 0.199 e. The first-order chi connectivity index (χ1) is 7.88. The highest BCUT2D eigenvalue weighted by atomic mass is 32.1. The van der Waals surface area contributed by atoms with Crippen LogP contribution in [0.4, 0.5) is 0 Å². The highest BCUT2D eigenvalue weighted by Gasteiger charge is 2.06. The lowest BCUT2D eigenvalue weighted by atomic mass is 10.2. The zero-order valence-corrected chi connectivity index (χ0v) is 9.57. The van der Waals surface area contributed by atoms with E-state index in [0.717, 1.165) is 17.1 Å². The van der Waals surface area contributed by atoms with Gasteiger partial charge in [-0.3, -0.25) is 4.40 Å². The lowest BCUT2D eigenvalue weighted by molar-refractivity contribution is 0.392. The quantitative estimate of drug-likeness (QED) is 0.676. The van der Waals surface area contributed by atoms with Crippen LogP contribution in [-0.4, -0.2) is 16.5 Å². The largest absolute Gasteiger partial charge is 0.482 e. The van der Waals surface area contributed by atoms with E-state index in [1.54, 1.807) is 24.6 Å². The van der Waals surface area contributed by atoms with Crippen molar-refractivity contribution in [1.82, 2.24) is 9.38 Å². The van der Waals surface area contributed by atoms with Crippen molar-refractivity contribution < 1.29 is 4.74 Å². The smallest absolute Gasteiger partial charge is 0.199 e. The molecule has 3 heterocycles. The van der Waals surface area contributed by atoms with E-state index in [0.29, 0.717) is 0 Å². The van der Waals surface area contributed by atoms with Crippen LogP contribution in [-0.2, 0) is 0 Å². The molecule has 3 rings (SSSR count). The lowest BCUT2D eigenvalue weighted by Gasteiger charge is -2.06. The molecule has 0 spiro atoms. The van der Waals surface area contributed by atoms with Crippen LogP contribution in [0.15, 0.2) is 42.0 Å². The van der Waals surface area contributed by atoms with Crippen molar-refractivity contribution in [2.24, 2.45) is 0 Å². The zero-order chi connectivity index (χ0) is 11.0. The second-order valence-corrected chi connectivity index (χ2v) is 4.37. The molecule has 16 heavy (non-hydrogen) atoms. The van der Waals surface area contributed by atoms with E-state index in [-0.39, 0.29) is 0 Å².